The van der Waals surface area contributed by atoms with Gasteiger partial charge in [0.15, 0.2) is 0 Å². The van der Waals surface area contributed by atoms with Crippen LogP contribution < -0.4 is 10.6 Å². The highest BCUT2D eigenvalue weighted by Gasteiger charge is 2.54. The van der Waals surface area contributed by atoms with E-state index in [1.807, 2.05) is 12.1 Å². The second-order valence-electron chi connectivity index (χ2n) is 7.36. The number of hydrogen-bond donors (Lipinski definition) is 2. The molecule has 1 heterocycles. The number of nitrogens with one attached hydrogen (secondary N) is 2. The van der Waals surface area contributed by atoms with Crippen LogP contribution in [0.3, 0.4) is 0 Å². The third-order valence-electron chi connectivity index (χ3n) is 5.45. The van der Waals surface area contributed by atoms with Crippen LogP contribution in [0.4, 0.5) is 23.7 Å². The number of halogens is 3. The Bertz CT molecular complexity index is 1020. The van der Waals surface area contributed by atoms with Crippen molar-refractivity contribution in [3.8, 4) is 0 Å². The molecule has 156 valence electrons. The number of nitrogens with zero attached hydrogens (tertiary/aromatic N) is 1. The van der Waals surface area contributed by atoms with Crippen LogP contribution in [0.5, 0.6) is 0 Å². The van der Waals surface area contributed by atoms with Crippen LogP contribution in [-0.4, -0.2) is 29.3 Å². The molecule has 0 saturated carbocycles. The van der Waals surface area contributed by atoms with E-state index in [0.29, 0.717) is 12.8 Å². The molecule has 1 saturated heterocycles. The summed E-state index contributed by atoms with van der Waals surface area (Å²) in [5, 5.41) is 5.17. The standard InChI is InChI=1S/C21H18F3N3O3/c22-21(23,24)14-7-9-15(10-8-14)25-17(28)12-27-18(29)20(26-19(27)30)11-3-5-13-4-1-2-6-16(13)20/h1-2,4,6-10H,3,5,11-12H2,(H,25,28)(H,26,30)/t20-/m0/s1. The molecule has 2 aromatic rings. The first-order valence-electron chi connectivity index (χ1n) is 9.40. The fourth-order valence-corrected chi connectivity index (χ4v) is 4.04. The van der Waals surface area contributed by atoms with E-state index in [1.54, 1.807) is 12.1 Å². The Morgan fingerprint density at radius 1 is 1.10 bits per heavy atom. The quantitative estimate of drug-likeness (QED) is 0.752. The molecule has 4 rings (SSSR count). The average Bonchev–Trinajstić information content (AvgIpc) is 2.93. The van der Waals surface area contributed by atoms with Crippen molar-refractivity contribution in [1.29, 1.82) is 0 Å². The lowest BCUT2D eigenvalue weighted by Gasteiger charge is -2.33. The van der Waals surface area contributed by atoms with Crippen molar-refractivity contribution in [2.75, 3.05) is 11.9 Å². The second kappa shape index (κ2) is 7.16. The van der Waals surface area contributed by atoms with Crippen molar-refractivity contribution < 1.29 is 27.6 Å². The SMILES string of the molecule is O=C(CN1C(=O)N[C@]2(CCCc3ccccc32)C1=O)Nc1ccc(C(F)(F)F)cc1. The zero-order valence-corrected chi connectivity index (χ0v) is 15.8. The zero-order valence-electron chi connectivity index (χ0n) is 15.8. The molecule has 0 unspecified atom stereocenters. The number of amides is 4. The molecule has 4 amide bonds. The van der Waals surface area contributed by atoms with Gasteiger partial charge in [-0.15, -0.1) is 0 Å². The smallest absolute Gasteiger partial charge is 0.325 e. The third kappa shape index (κ3) is 3.40. The van der Waals surface area contributed by atoms with E-state index < -0.39 is 41.7 Å². The van der Waals surface area contributed by atoms with E-state index in [1.165, 1.54) is 0 Å². The van der Waals surface area contributed by atoms with Gasteiger partial charge in [-0.2, -0.15) is 13.2 Å². The molecule has 1 aliphatic carbocycles. The summed E-state index contributed by atoms with van der Waals surface area (Å²) in [5.41, 5.74) is -0.167. The molecule has 2 aromatic carbocycles. The number of imide groups is 1. The minimum absolute atomic E-state index is 0.137. The summed E-state index contributed by atoms with van der Waals surface area (Å²) in [5.74, 6) is -1.18. The van der Waals surface area contributed by atoms with Crippen LogP contribution in [0.2, 0.25) is 0 Å². The van der Waals surface area contributed by atoms with E-state index in [2.05, 4.69) is 10.6 Å². The highest BCUT2D eigenvalue weighted by molar-refractivity contribution is 6.10. The van der Waals surface area contributed by atoms with Gasteiger partial charge in [-0.25, -0.2) is 4.79 Å². The first-order valence-corrected chi connectivity index (χ1v) is 9.40. The maximum absolute atomic E-state index is 13.1. The molecule has 1 spiro atoms. The number of anilines is 1. The lowest BCUT2D eigenvalue weighted by Crippen LogP contribution is -2.47. The fraction of sp³-hybridized carbons (Fsp3) is 0.286. The molecule has 6 nitrogen and oxygen atoms in total. The summed E-state index contributed by atoms with van der Waals surface area (Å²) in [4.78, 5) is 38.8. The molecule has 2 N–H and O–H groups in total. The predicted octanol–water partition coefficient (Wildman–Crippen LogP) is 3.43. The van der Waals surface area contributed by atoms with Crippen LogP contribution >= 0.6 is 0 Å². The van der Waals surface area contributed by atoms with Crippen LogP contribution in [0, 0.1) is 0 Å². The minimum atomic E-state index is -4.48. The second-order valence-corrected chi connectivity index (χ2v) is 7.36. The van der Waals surface area contributed by atoms with Crippen molar-refractivity contribution in [1.82, 2.24) is 10.2 Å². The molecule has 2 aliphatic rings. The number of aryl methyl sites for hydroxylation is 1. The van der Waals surface area contributed by atoms with E-state index >= 15 is 0 Å². The van der Waals surface area contributed by atoms with Crippen LogP contribution in [-0.2, 0) is 27.7 Å². The minimum Gasteiger partial charge on any atom is -0.325 e. The molecule has 1 fully saturated rings. The number of alkyl halides is 3. The Hall–Kier alpha value is -3.36. The van der Waals surface area contributed by atoms with Gasteiger partial charge in [0, 0.05) is 5.69 Å². The van der Waals surface area contributed by atoms with E-state index in [-0.39, 0.29) is 5.69 Å². The van der Waals surface area contributed by atoms with Gasteiger partial charge in [-0.05, 0) is 54.7 Å². The normalized spacial score (nSPS) is 20.8. The van der Waals surface area contributed by atoms with Gasteiger partial charge in [0.2, 0.25) is 5.91 Å². The molecular weight excluding hydrogens is 399 g/mol. The van der Waals surface area contributed by atoms with Crippen molar-refractivity contribution in [3.05, 3.63) is 65.2 Å². The van der Waals surface area contributed by atoms with Crippen molar-refractivity contribution in [2.45, 2.75) is 31.0 Å². The molecule has 0 bridgehead atoms. The van der Waals surface area contributed by atoms with Crippen molar-refractivity contribution >= 4 is 23.5 Å². The van der Waals surface area contributed by atoms with Crippen molar-refractivity contribution in [3.63, 3.8) is 0 Å². The number of carbonyl (C=O) groups excluding carboxylic acids is 3. The number of hydrogen-bond acceptors (Lipinski definition) is 3. The summed E-state index contributed by atoms with van der Waals surface area (Å²) in [6, 6.07) is 10.6. The van der Waals surface area contributed by atoms with E-state index in [0.717, 1.165) is 46.7 Å². The van der Waals surface area contributed by atoms with Gasteiger partial charge in [0.05, 0.1) is 5.56 Å². The Morgan fingerprint density at radius 3 is 2.50 bits per heavy atom. The zero-order chi connectivity index (χ0) is 21.5. The lowest BCUT2D eigenvalue weighted by atomic mass is 9.76. The first kappa shape index (κ1) is 19.9. The monoisotopic (exact) mass is 417 g/mol. The molecule has 0 aromatic heterocycles. The summed E-state index contributed by atoms with van der Waals surface area (Å²) < 4.78 is 37.9. The molecule has 9 heteroatoms. The Morgan fingerprint density at radius 2 is 1.80 bits per heavy atom. The van der Waals surface area contributed by atoms with Crippen LogP contribution in [0.15, 0.2) is 48.5 Å². The Labute approximate surface area is 170 Å². The highest BCUT2D eigenvalue weighted by atomic mass is 19.4. The maximum Gasteiger partial charge on any atom is 0.416 e. The predicted molar refractivity (Wildman–Crippen MR) is 101 cm³/mol. The summed E-state index contributed by atoms with van der Waals surface area (Å²) in [6.07, 6.45) is -2.52. The summed E-state index contributed by atoms with van der Waals surface area (Å²) >= 11 is 0. The lowest BCUT2D eigenvalue weighted by molar-refractivity contribution is -0.137. The molecular formula is C21H18F3N3O3. The number of fused-ring (bicyclic) bond motifs is 2. The number of carbonyl (C=O) groups is 3. The van der Waals surface area contributed by atoms with Crippen LogP contribution in [0.1, 0.15) is 29.5 Å². The fourth-order valence-electron chi connectivity index (χ4n) is 4.04. The van der Waals surface area contributed by atoms with Crippen molar-refractivity contribution in [2.24, 2.45) is 0 Å². The van der Waals surface area contributed by atoms with Gasteiger partial charge >= 0.3 is 12.2 Å². The van der Waals surface area contributed by atoms with E-state index in [4.69, 9.17) is 0 Å². The maximum atomic E-state index is 13.1. The average molecular weight is 417 g/mol. The topological polar surface area (TPSA) is 78.5 Å². The third-order valence-corrected chi connectivity index (χ3v) is 5.45. The van der Waals surface area contributed by atoms with E-state index in [9.17, 15) is 27.6 Å². The van der Waals surface area contributed by atoms with Gasteiger partial charge in [0.25, 0.3) is 5.91 Å². The molecule has 30 heavy (non-hydrogen) atoms. The summed E-state index contributed by atoms with van der Waals surface area (Å²) in [6.45, 7) is -0.532. The molecule has 1 atom stereocenters. The van der Waals surface area contributed by atoms with Gasteiger partial charge in [-0.3, -0.25) is 14.5 Å². The largest absolute Gasteiger partial charge is 0.416 e. The Balaban J connectivity index is 1.49. The Kier molecular flexibility index (Phi) is 4.76. The molecule has 1 aliphatic heterocycles. The highest BCUT2D eigenvalue weighted by Crippen LogP contribution is 2.39. The number of urea groups is 1. The van der Waals surface area contributed by atoms with Crippen LogP contribution in [0.25, 0.3) is 0 Å². The van der Waals surface area contributed by atoms with Gasteiger partial charge < -0.3 is 10.6 Å². The van der Waals surface area contributed by atoms with Gasteiger partial charge in [-0.1, -0.05) is 24.3 Å². The number of rotatable bonds is 3. The number of benzene rings is 2. The molecule has 0 radical (unpaired) electrons. The van der Waals surface area contributed by atoms with Gasteiger partial charge in [0.1, 0.15) is 12.1 Å². The summed E-state index contributed by atoms with van der Waals surface area (Å²) in [7, 11) is 0. The first-order chi connectivity index (χ1) is 14.2.